The molecule has 0 atom stereocenters. The van der Waals surface area contributed by atoms with Gasteiger partial charge in [-0.1, -0.05) is 13.8 Å². The van der Waals surface area contributed by atoms with E-state index in [4.69, 9.17) is 0 Å². The Balaban J connectivity index is 0.000000461. The largest absolute Gasteiger partial charge is 0.350 e. The van der Waals surface area contributed by atoms with Crippen LogP contribution in [0.3, 0.4) is 0 Å². The van der Waals surface area contributed by atoms with Crippen molar-refractivity contribution in [1.82, 2.24) is 4.57 Å². The quantitative estimate of drug-likeness (QED) is 0.602. The summed E-state index contributed by atoms with van der Waals surface area (Å²) in [5.74, 6) is -0.135. The van der Waals surface area contributed by atoms with E-state index in [0.717, 1.165) is 10.9 Å². The highest BCUT2D eigenvalue weighted by Crippen LogP contribution is 2.18. The van der Waals surface area contributed by atoms with Gasteiger partial charge >= 0.3 is 0 Å². The molecule has 0 bridgehead atoms. The van der Waals surface area contributed by atoms with E-state index in [1.807, 2.05) is 43.8 Å². The average Bonchev–Trinajstić information content (AvgIpc) is 2.53. The van der Waals surface area contributed by atoms with Crippen LogP contribution < -0.4 is 0 Å². The van der Waals surface area contributed by atoms with Crippen LogP contribution >= 0.6 is 0 Å². The molecule has 0 unspecified atom stereocenters. The third kappa shape index (κ3) is 1.79. The van der Waals surface area contributed by atoms with Crippen LogP contribution in [0.15, 0.2) is 24.4 Å². The van der Waals surface area contributed by atoms with E-state index in [2.05, 4.69) is 0 Å². The number of rotatable bonds is 0. The number of benzene rings is 1. The Morgan fingerprint density at radius 3 is 2.50 bits per heavy atom. The number of aromatic nitrogens is 1. The van der Waals surface area contributed by atoms with Crippen LogP contribution in [0.25, 0.3) is 10.9 Å². The summed E-state index contributed by atoms with van der Waals surface area (Å²) >= 11 is 0. The van der Waals surface area contributed by atoms with Gasteiger partial charge in [-0.2, -0.15) is 0 Å². The van der Waals surface area contributed by atoms with Gasteiger partial charge in [0.15, 0.2) is 0 Å². The lowest BCUT2D eigenvalue weighted by atomic mass is 10.2. The number of halogens is 1. The minimum absolute atomic E-state index is 0.135. The molecule has 2 rings (SSSR count). The molecule has 0 radical (unpaired) electrons. The molecule has 0 aliphatic carbocycles. The standard InChI is InChI=1S/C10H10FN.C2H6/c1-7-5-8-3-4-12(2)10(8)6-9(7)11;1-2/h3-6H,1-2H3;1-2H3. The summed E-state index contributed by atoms with van der Waals surface area (Å²) in [6, 6.07) is 5.43. The van der Waals surface area contributed by atoms with Crippen molar-refractivity contribution < 1.29 is 4.39 Å². The minimum Gasteiger partial charge on any atom is -0.350 e. The summed E-state index contributed by atoms with van der Waals surface area (Å²) < 4.78 is 15.0. The van der Waals surface area contributed by atoms with Crippen molar-refractivity contribution in [3.63, 3.8) is 0 Å². The van der Waals surface area contributed by atoms with E-state index in [1.165, 1.54) is 0 Å². The van der Waals surface area contributed by atoms with Gasteiger partial charge in [0.05, 0.1) is 5.52 Å². The minimum atomic E-state index is -0.135. The van der Waals surface area contributed by atoms with Gasteiger partial charge in [-0.05, 0) is 30.7 Å². The zero-order valence-electron chi connectivity index (χ0n) is 9.13. The van der Waals surface area contributed by atoms with Gasteiger partial charge in [-0.3, -0.25) is 0 Å². The lowest BCUT2D eigenvalue weighted by Gasteiger charge is -1.98. The number of fused-ring (bicyclic) bond motifs is 1. The summed E-state index contributed by atoms with van der Waals surface area (Å²) in [4.78, 5) is 0. The molecule has 0 N–H and O–H groups in total. The first kappa shape index (κ1) is 10.8. The van der Waals surface area contributed by atoms with Crippen LogP contribution in [0.1, 0.15) is 19.4 Å². The van der Waals surface area contributed by atoms with Crippen molar-refractivity contribution in [2.24, 2.45) is 7.05 Å². The van der Waals surface area contributed by atoms with Crippen molar-refractivity contribution >= 4 is 10.9 Å². The van der Waals surface area contributed by atoms with E-state index in [0.29, 0.717) is 5.56 Å². The zero-order valence-corrected chi connectivity index (χ0v) is 9.13. The van der Waals surface area contributed by atoms with Gasteiger partial charge in [-0.25, -0.2) is 4.39 Å². The van der Waals surface area contributed by atoms with Gasteiger partial charge in [0.25, 0.3) is 0 Å². The molecule has 2 heteroatoms. The Bertz CT molecular complexity index is 429. The van der Waals surface area contributed by atoms with Crippen LogP contribution in [-0.2, 0) is 7.05 Å². The van der Waals surface area contributed by atoms with Crippen LogP contribution in [0.5, 0.6) is 0 Å². The average molecular weight is 193 g/mol. The number of hydrogen-bond donors (Lipinski definition) is 0. The molecule has 0 fully saturated rings. The van der Waals surface area contributed by atoms with Crippen LogP contribution in [0, 0.1) is 12.7 Å². The maximum atomic E-state index is 13.1. The summed E-state index contributed by atoms with van der Waals surface area (Å²) in [5, 5.41) is 1.09. The summed E-state index contributed by atoms with van der Waals surface area (Å²) in [5.41, 5.74) is 1.65. The monoisotopic (exact) mass is 193 g/mol. The van der Waals surface area contributed by atoms with Crippen molar-refractivity contribution in [3.05, 3.63) is 35.8 Å². The molecule has 14 heavy (non-hydrogen) atoms. The van der Waals surface area contributed by atoms with E-state index in [9.17, 15) is 4.39 Å². The van der Waals surface area contributed by atoms with Crippen LogP contribution in [-0.4, -0.2) is 4.57 Å². The Kier molecular flexibility index (Phi) is 3.28. The topological polar surface area (TPSA) is 4.93 Å². The molecular formula is C12H16FN. The first-order chi connectivity index (χ1) is 6.68. The SMILES string of the molecule is CC.Cc1cc2ccn(C)c2cc1F. The molecule has 1 heterocycles. The molecule has 0 aliphatic rings. The molecular weight excluding hydrogens is 177 g/mol. The van der Waals surface area contributed by atoms with Gasteiger partial charge < -0.3 is 4.57 Å². The van der Waals surface area contributed by atoms with E-state index in [-0.39, 0.29) is 5.82 Å². The van der Waals surface area contributed by atoms with Gasteiger partial charge in [0, 0.05) is 18.6 Å². The fraction of sp³-hybridized carbons (Fsp3) is 0.333. The highest BCUT2D eigenvalue weighted by atomic mass is 19.1. The predicted octanol–water partition coefficient (Wildman–Crippen LogP) is 3.65. The molecule has 1 aromatic carbocycles. The normalized spacial score (nSPS) is 9.79. The second-order valence-corrected chi connectivity index (χ2v) is 3.09. The van der Waals surface area contributed by atoms with Gasteiger partial charge in [0.2, 0.25) is 0 Å². The second-order valence-electron chi connectivity index (χ2n) is 3.09. The fourth-order valence-electron chi connectivity index (χ4n) is 1.40. The lowest BCUT2D eigenvalue weighted by Crippen LogP contribution is -1.86. The van der Waals surface area contributed by atoms with Gasteiger partial charge in [0.1, 0.15) is 5.82 Å². The Hall–Kier alpha value is -1.31. The number of nitrogens with zero attached hydrogens (tertiary/aromatic N) is 1. The lowest BCUT2D eigenvalue weighted by molar-refractivity contribution is 0.619. The van der Waals surface area contributed by atoms with Crippen molar-refractivity contribution in [1.29, 1.82) is 0 Å². The van der Waals surface area contributed by atoms with Crippen molar-refractivity contribution in [2.45, 2.75) is 20.8 Å². The molecule has 1 aromatic heterocycles. The molecule has 1 nitrogen and oxygen atoms in total. The molecule has 0 saturated carbocycles. The second kappa shape index (κ2) is 4.27. The van der Waals surface area contributed by atoms with Gasteiger partial charge in [-0.15, -0.1) is 0 Å². The van der Waals surface area contributed by atoms with Crippen molar-refractivity contribution in [2.75, 3.05) is 0 Å². The molecule has 2 aromatic rings. The molecule has 0 spiro atoms. The summed E-state index contributed by atoms with van der Waals surface area (Å²) in [6.07, 6.45) is 1.93. The predicted molar refractivity (Wildman–Crippen MR) is 59.0 cm³/mol. The van der Waals surface area contributed by atoms with E-state index >= 15 is 0 Å². The maximum Gasteiger partial charge on any atom is 0.128 e. The molecule has 0 aliphatic heterocycles. The van der Waals surface area contributed by atoms with Crippen molar-refractivity contribution in [3.8, 4) is 0 Å². The van der Waals surface area contributed by atoms with Crippen LogP contribution in [0.4, 0.5) is 4.39 Å². The third-order valence-electron chi connectivity index (χ3n) is 2.17. The van der Waals surface area contributed by atoms with Crippen LogP contribution in [0.2, 0.25) is 0 Å². The van der Waals surface area contributed by atoms with E-state index in [1.54, 1.807) is 13.0 Å². The first-order valence-corrected chi connectivity index (χ1v) is 4.89. The summed E-state index contributed by atoms with van der Waals surface area (Å²) in [7, 11) is 1.91. The number of aryl methyl sites for hydroxylation is 2. The molecule has 0 saturated heterocycles. The number of hydrogen-bond acceptors (Lipinski definition) is 0. The fourth-order valence-corrected chi connectivity index (χ4v) is 1.40. The zero-order chi connectivity index (χ0) is 10.7. The smallest absolute Gasteiger partial charge is 0.128 e. The molecule has 0 amide bonds. The Morgan fingerprint density at radius 2 is 1.86 bits per heavy atom. The highest BCUT2D eigenvalue weighted by molar-refractivity contribution is 5.80. The highest BCUT2D eigenvalue weighted by Gasteiger charge is 2.02. The Labute approximate surface area is 84.2 Å². The van der Waals surface area contributed by atoms with E-state index < -0.39 is 0 Å². The Morgan fingerprint density at radius 1 is 1.21 bits per heavy atom. The third-order valence-corrected chi connectivity index (χ3v) is 2.17. The molecule has 76 valence electrons. The first-order valence-electron chi connectivity index (χ1n) is 4.89. The summed E-state index contributed by atoms with van der Waals surface area (Å²) in [6.45, 7) is 5.78. The maximum absolute atomic E-state index is 13.1.